The van der Waals surface area contributed by atoms with Crippen molar-refractivity contribution in [2.75, 3.05) is 33.4 Å². The zero-order valence-corrected chi connectivity index (χ0v) is 12.6. The molecule has 0 spiro atoms. The Balaban J connectivity index is 2.29. The number of guanidine groups is 1. The Morgan fingerprint density at radius 3 is 3.05 bits per heavy atom. The van der Waals surface area contributed by atoms with E-state index in [2.05, 4.69) is 27.9 Å². The third-order valence-electron chi connectivity index (χ3n) is 2.68. The average molecular weight is 284 g/mol. The molecule has 0 atom stereocenters. The van der Waals surface area contributed by atoms with E-state index in [1.807, 2.05) is 18.9 Å². The van der Waals surface area contributed by atoms with Gasteiger partial charge in [0.25, 0.3) is 0 Å². The van der Waals surface area contributed by atoms with Gasteiger partial charge in [-0.1, -0.05) is 6.07 Å². The van der Waals surface area contributed by atoms with Crippen LogP contribution in [0.5, 0.6) is 0 Å². The van der Waals surface area contributed by atoms with Crippen LogP contribution < -0.4 is 11.3 Å². The topological polar surface area (TPSA) is 62.9 Å². The Morgan fingerprint density at radius 1 is 1.58 bits per heavy atom. The van der Waals surface area contributed by atoms with Gasteiger partial charge in [0, 0.05) is 38.2 Å². The highest BCUT2D eigenvalue weighted by Crippen LogP contribution is 2.09. The summed E-state index contributed by atoms with van der Waals surface area (Å²) in [7, 11) is 1.99. The Bertz CT molecular complexity index is 354. The SMILES string of the molecule is CCOCCCN=C(NN)N(C)CCc1cccs1. The molecule has 0 radical (unpaired) electrons. The van der Waals surface area contributed by atoms with E-state index in [0.29, 0.717) is 0 Å². The molecule has 5 nitrogen and oxygen atoms in total. The van der Waals surface area contributed by atoms with Crippen LogP contribution in [0.1, 0.15) is 18.2 Å². The van der Waals surface area contributed by atoms with E-state index >= 15 is 0 Å². The maximum Gasteiger partial charge on any atom is 0.208 e. The van der Waals surface area contributed by atoms with Crippen LogP contribution in [0.2, 0.25) is 0 Å². The van der Waals surface area contributed by atoms with Crippen molar-refractivity contribution in [1.82, 2.24) is 10.3 Å². The van der Waals surface area contributed by atoms with Gasteiger partial charge in [-0.15, -0.1) is 11.3 Å². The van der Waals surface area contributed by atoms with Crippen LogP contribution in [-0.2, 0) is 11.2 Å². The number of aliphatic imine (C=N–C) groups is 1. The monoisotopic (exact) mass is 284 g/mol. The van der Waals surface area contributed by atoms with E-state index in [1.54, 1.807) is 11.3 Å². The lowest BCUT2D eigenvalue weighted by atomic mass is 10.3. The highest BCUT2D eigenvalue weighted by Gasteiger charge is 2.05. The van der Waals surface area contributed by atoms with Crippen molar-refractivity contribution in [2.45, 2.75) is 19.8 Å². The van der Waals surface area contributed by atoms with Crippen molar-refractivity contribution < 1.29 is 4.74 Å². The Hall–Kier alpha value is -1.11. The summed E-state index contributed by atoms with van der Waals surface area (Å²) >= 11 is 1.78. The summed E-state index contributed by atoms with van der Waals surface area (Å²) in [6.45, 7) is 5.12. The van der Waals surface area contributed by atoms with E-state index in [9.17, 15) is 0 Å². The van der Waals surface area contributed by atoms with Gasteiger partial charge in [0.15, 0.2) is 0 Å². The van der Waals surface area contributed by atoms with Gasteiger partial charge in [-0.05, 0) is 31.2 Å². The Labute approximate surface area is 119 Å². The number of rotatable bonds is 8. The van der Waals surface area contributed by atoms with E-state index in [-0.39, 0.29) is 0 Å². The summed E-state index contributed by atoms with van der Waals surface area (Å²) in [6, 6.07) is 4.22. The number of ether oxygens (including phenoxy) is 1. The number of hydrazine groups is 1. The fraction of sp³-hybridized carbons (Fsp3) is 0.615. The van der Waals surface area contributed by atoms with Crippen LogP contribution in [0.15, 0.2) is 22.5 Å². The van der Waals surface area contributed by atoms with Gasteiger partial charge in [0.05, 0.1) is 0 Å². The first-order valence-corrected chi connectivity index (χ1v) is 7.48. The second-order valence-electron chi connectivity index (χ2n) is 4.15. The molecule has 0 aliphatic heterocycles. The molecular formula is C13H24N4OS. The molecule has 0 aromatic carbocycles. The van der Waals surface area contributed by atoms with Crippen LogP contribution in [0.3, 0.4) is 0 Å². The van der Waals surface area contributed by atoms with Crippen molar-refractivity contribution in [3.63, 3.8) is 0 Å². The zero-order chi connectivity index (χ0) is 13.9. The van der Waals surface area contributed by atoms with Crippen molar-refractivity contribution in [2.24, 2.45) is 10.8 Å². The van der Waals surface area contributed by atoms with Gasteiger partial charge in [-0.3, -0.25) is 10.4 Å². The molecule has 0 aliphatic rings. The number of nitrogens with one attached hydrogen (secondary N) is 1. The summed E-state index contributed by atoms with van der Waals surface area (Å²) in [5.74, 6) is 6.24. The first-order valence-electron chi connectivity index (χ1n) is 6.60. The van der Waals surface area contributed by atoms with E-state index in [1.165, 1.54) is 4.88 Å². The van der Waals surface area contributed by atoms with Gasteiger partial charge in [-0.25, -0.2) is 5.84 Å². The van der Waals surface area contributed by atoms with Crippen molar-refractivity contribution in [3.05, 3.63) is 22.4 Å². The molecule has 0 bridgehead atoms. The number of thiophene rings is 1. The fourth-order valence-electron chi connectivity index (χ4n) is 1.61. The molecule has 1 heterocycles. The molecular weight excluding hydrogens is 260 g/mol. The first kappa shape index (κ1) is 15.9. The molecule has 0 amide bonds. The lowest BCUT2D eigenvalue weighted by Gasteiger charge is -2.20. The average Bonchev–Trinajstić information content (AvgIpc) is 2.93. The molecule has 0 saturated carbocycles. The zero-order valence-electron chi connectivity index (χ0n) is 11.8. The van der Waals surface area contributed by atoms with Crippen LogP contribution >= 0.6 is 11.3 Å². The van der Waals surface area contributed by atoms with E-state index < -0.39 is 0 Å². The quantitative estimate of drug-likeness (QED) is 0.249. The molecule has 1 rings (SSSR count). The Morgan fingerprint density at radius 2 is 2.42 bits per heavy atom. The number of nitrogens with two attached hydrogens (primary N) is 1. The molecule has 3 N–H and O–H groups in total. The lowest BCUT2D eigenvalue weighted by molar-refractivity contribution is 0.146. The number of hydrogen-bond donors (Lipinski definition) is 2. The lowest BCUT2D eigenvalue weighted by Crippen LogP contribution is -2.43. The molecule has 1 aromatic heterocycles. The highest BCUT2D eigenvalue weighted by atomic mass is 32.1. The molecule has 19 heavy (non-hydrogen) atoms. The van der Waals surface area contributed by atoms with Crippen LogP contribution in [0.4, 0.5) is 0 Å². The molecule has 0 saturated heterocycles. The maximum absolute atomic E-state index is 5.51. The summed E-state index contributed by atoms with van der Waals surface area (Å²) in [4.78, 5) is 7.86. The summed E-state index contributed by atoms with van der Waals surface area (Å²) in [5, 5.41) is 2.10. The minimum atomic E-state index is 0.725. The number of hydrogen-bond acceptors (Lipinski definition) is 4. The minimum Gasteiger partial charge on any atom is -0.382 e. The van der Waals surface area contributed by atoms with Gasteiger partial charge < -0.3 is 9.64 Å². The van der Waals surface area contributed by atoms with Gasteiger partial charge in [0.2, 0.25) is 5.96 Å². The third-order valence-corrected chi connectivity index (χ3v) is 3.61. The fourth-order valence-corrected chi connectivity index (χ4v) is 2.31. The van der Waals surface area contributed by atoms with Crippen LogP contribution in [0.25, 0.3) is 0 Å². The second-order valence-corrected chi connectivity index (χ2v) is 5.18. The summed E-state index contributed by atoms with van der Waals surface area (Å²) < 4.78 is 5.27. The van der Waals surface area contributed by atoms with Crippen molar-refractivity contribution in [1.29, 1.82) is 0 Å². The van der Waals surface area contributed by atoms with E-state index in [4.69, 9.17) is 10.6 Å². The predicted molar refractivity (Wildman–Crippen MR) is 81.4 cm³/mol. The summed E-state index contributed by atoms with van der Waals surface area (Å²) in [5.41, 5.74) is 2.66. The van der Waals surface area contributed by atoms with Gasteiger partial charge >= 0.3 is 0 Å². The maximum atomic E-state index is 5.51. The molecule has 108 valence electrons. The number of likely N-dealkylation sites (N-methyl/N-ethyl adjacent to an activating group) is 1. The normalized spacial score (nSPS) is 11.6. The van der Waals surface area contributed by atoms with Crippen LogP contribution in [0, 0.1) is 0 Å². The number of nitrogens with zero attached hydrogens (tertiary/aromatic N) is 2. The molecule has 0 fully saturated rings. The van der Waals surface area contributed by atoms with Gasteiger partial charge in [0.1, 0.15) is 0 Å². The standard InChI is InChI=1S/C13H24N4OS/c1-3-18-10-5-8-15-13(16-14)17(2)9-7-12-6-4-11-19-12/h4,6,11H,3,5,7-10,14H2,1-2H3,(H,15,16). The Kier molecular flexibility index (Phi) is 8.20. The first-order chi connectivity index (χ1) is 9.27. The minimum absolute atomic E-state index is 0.725. The van der Waals surface area contributed by atoms with Crippen LogP contribution in [-0.4, -0.2) is 44.2 Å². The van der Waals surface area contributed by atoms with Gasteiger partial charge in [-0.2, -0.15) is 0 Å². The predicted octanol–water partition coefficient (Wildman–Crippen LogP) is 1.47. The smallest absolute Gasteiger partial charge is 0.208 e. The molecule has 6 heteroatoms. The van der Waals surface area contributed by atoms with E-state index in [0.717, 1.165) is 45.1 Å². The van der Waals surface area contributed by atoms with Crippen molar-refractivity contribution >= 4 is 17.3 Å². The summed E-state index contributed by atoms with van der Waals surface area (Å²) in [6.07, 6.45) is 1.92. The highest BCUT2D eigenvalue weighted by molar-refractivity contribution is 7.09. The second kappa shape index (κ2) is 9.77. The molecule has 1 aromatic rings. The third kappa shape index (κ3) is 6.56. The van der Waals surface area contributed by atoms with Crippen molar-refractivity contribution in [3.8, 4) is 0 Å². The molecule has 0 unspecified atom stereocenters. The molecule has 0 aliphatic carbocycles. The largest absolute Gasteiger partial charge is 0.382 e.